The summed E-state index contributed by atoms with van der Waals surface area (Å²) in [6.45, 7) is 18.5. The first-order valence-corrected chi connectivity index (χ1v) is 17.0. The molecular formula is C34H47BrN2O5S. The summed E-state index contributed by atoms with van der Waals surface area (Å²) in [5, 5.41) is 10.6. The number of aliphatic hydroxyl groups is 1. The van der Waals surface area contributed by atoms with E-state index in [9.17, 15) is 14.7 Å². The zero-order valence-electron chi connectivity index (χ0n) is 26.1. The highest BCUT2D eigenvalue weighted by Gasteiger charge is 2.77. The number of carbonyl (C=O) groups is 3. The molecule has 7 atom stereocenters. The number of halogens is 1. The van der Waals surface area contributed by atoms with Crippen LogP contribution in [0.2, 0.25) is 0 Å². The van der Waals surface area contributed by atoms with Crippen LogP contribution in [0.4, 0.5) is 0 Å². The van der Waals surface area contributed by atoms with Gasteiger partial charge < -0.3 is 19.6 Å². The molecule has 3 fully saturated rings. The number of likely N-dealkylation sites (tertiary alicyclic amines) is 1. The number of fused-ring (bicyclic) bond motifs is 1. The van der Waals surface area contributed by atoms with Gasteiger partial charge in [-0.2, -0.15) is 0 Å². The molecule has 0 saturated carbocycles. The number of nitrogens with zero attached hydrogens (tertiary/aromatic N) is 2. The summed E-state index contributed by atoms with van der Waals surface area (Å²) in [6, 6.07) is 8.21. The maximum Gasteiger partial charge on any atom is 0.310 e. The van der Waals surface area contributed by atoms with Gasteiger partial charge in [0.1, 0.15) is 6.04 Å². The molecule has 3 aliphatic rings. The van der Waals surface area contributed by atoms with E-state index >= 15 is 4.79 Å². The van der Waals surface area contributed by atoms with Gasteiger partial charge in [0, 0.05) is 22.2 Å². The molecule has 3 heterocycles. The molecule has 9 heteroatoms. The number of thioether (sulfide) groups is 1. The van der Waals surface area contributed by atoms with E-state index in [-0.39, 0.29) is 40.5 Å². The Bertz CT molecular complexity index is 1220. The first-order valence-electron chi connectivity index (χ1n) is 15.2. The lowest BCUT2D eigenvalue weighted by Crippen LogP contribution is -2.62. The van der Waals surface area contributed by atoms with Gasteiger partial charge in [0.2, 0.25) is 11.8 Å². The Morgan fingerprint density at radius 1 is 1.21 bits per heavy atom. The van der Waals surface area contributed by atoms with Crippen LogP contribution in [0.5, 0.6) is 0 Å². The molecule has 3 saturated heterocycles. The van der Waals surface area contributed by atoms with E-state index in [0.717, 1.165) is 12.0 Å². The Morgan fingerprint density at radius 3 is 2.47 bits per heavy atom. The molecule has 2 amide bonds. The molecule has 1 aromatic carbocycles. The van der Waals surface area contributed by atoms with E-state index in [1.807, 2.05) is 35.2 Å². The highest BCUT2D eigenvalue weighted by Crippen LogP contribution is 2.68. The molecular weight excluding hydrogens is 628 g/mol. The predicted octanol–water partition coefficient (Wildman–Crippen LogP) is 5.40. The summed E-state index contributed by atoms with van der Waals surface area (Å²) in [5.74, 6) is -2.23. The van der Waals surface area contributed by atoms with Crippen molar-refractivity contribution in [2.24, 2.45) is 17.3 Å². The Kier molecular flexibility index (Phi) is 10.3. The van der Waals surface area contributed by atoms with E-state index in [4.69, 9.17) is 4.74 Å². The highest BCUT2D eigenvalue weighted by molar-refractivity contribution is 9.09. The molecule has 0 aromatic heterocycles. The van der Waals surface area contributed by atoms with Gasteiger partial charge in [0.05, 0.1) is 35.8 Å². The second kappa shape index (κ2) is 13.1. The lowest BCUT2D eigenvalue weighted by atomic mass is 9.70. The van der Waals surface area contributed by atoms with Gasteiger partial charge in [0.15, 0.2) is 0 Å². The zero-order valence-corrected chi connectivity index (χ0v) is 28.5. The summed E-state index contributed by atoms with van der Waals surface area (Å²) >= 11 is 5.41. The molecule has 43 heavy (non-hydrogen) atoms. The van der Waals surface area contributed by atoms with Gasteiger partial charge in [-0.3, -0.25) is 14.4 Å². The van der Waals surface area contributed by atoms with Crippen LogP contribution in [-0.4, -0.2) is 84.9 Å². The van der Waals surface area contributed by atoms with Crippen molar-refractivity contribution in [2.75, 3.05) is 19.8 Å². The molecule has 3 aliphatic heterocycles. The van der Waals surface area contributed by atoms with Crippen molar-refractivity contribution in [3.05, 3.63) is 61.2 Å². The van der Waals surface area contributed by atoms with Crippen LogP contribution in [0.3, 0.4) is 0 Å². The number of benzene rings is 1. The van der Waals surface area contributed by atoms with Crippen molar-refractivity contribution in [1.82, 2.24) is 9.80 Å². The lowest BCUT2D eigenvalue weighted by molar-refractivity contribution is -0.154. The molecule has 2 bridgehead atoms. The Balaban J connectivity index is 1.83. The van der Waals surface area contributed by atoms with E-state index in [1.54, 1.807) is 28.8 Å². The van der Waals surface area contributed by atoms with Crippen molar-refractivity contribution in [3.8, 4) is 0 Å². The van der Waals surface area contributed by atoms with Gasteiger partial charge in [0.25, 0.3) is 0 Å². The van der Waals surface area contributed by atoms with Crippen LogP contribution >= 0.6 is 27.7 Å². The summed E-state index contributed by atoms with van der Waals surface area (Å²) in [7, 11) is 0. The van der Waals surface area contributed by atoms with Crippen molar-refractivity contribution >= 4 is 45.5 Å². The van der Waals surface area contributed by atoms with Crippen molar-refractivity contribution < 1.29 is 24.2 Å². The molecule has 0 radical (unpaired) electrons. The van der Waals surface area contributed by atoms with Gasteiger partial charge >= 0.3 is 5.97 Å². The van der Waals surface area contributed by atoms with Crippen molar-refractivity contribution in [3.63, 3.8) is 0 Å². The average molecular weight is 676 g/mol. The van der Waals surface area contributed by atoms with Gasteiger partial charge in [-0.25, -0.2) is 0 Å². The number of amides is 2. The standard InChI is InChI=1S/C34H47BrN2O5S/c1-8-10-17-42-31(41)25-26-29(39)37(23(20-38)18-22-14-12-11-13-15-22)28(34(26)19-24(35)27(25)43-34)30(40)36(16-9-2)33(6,7)21-32(3,4)5/h8-9,11-15,23-28,38H,1-2,10,16-21H2,3-7H3/t23-,24?,25-,26+,27-,28?,34?/m1/s1. The third-order valence-corrected chi connectivity index (χ3v) is 12.2. The number of aliphatic hydroxyl groups excluding tert-OH is 1. The number of hydrogen-bond donors (Lipinski definition) is 1. The first-order chi connectivity index (χ1) is 20.2. The number of ether oxygens (including phenoxy) is 1. The molecule has 3 unspecified atom stereocenters. The molecule has 4 rings (SSSR count). The Morgan fingerprint density at radius 2 is 1.88 bits per heavy atom. The van der Waals surface area contributed by atoms with Crippen LogP contribution in [-0.2, 0) is 25.5 Å². The quantitative estimate of drug-likeness (QED) is 0.130. The second-order valence-corrected chi connectivity index (χ2v) is 16.7. The summed E-state index contributed by atoms with van der Waals surface area (Å²) < 4.78 is 4.82. The summed E-state index contributed by atoms with van der Waals surface area (Å²) in [4.78, 5) is 46.7. The van der Waals surface area contributed by atoms with Gasteiger partial charge in [-0.1, -0.05) is 79.2 Å². The highest BCUT2D eigenvalue weighted by atomic mass is 79.9. The maximum absolute atomic E-state index is 15.1. The van der Waals surface area contributed by atoms with Crippen molar-refractivity contribution in [1.29, 1.82) is 0 Å². The Labute approximate surface area is 269 Å². The minimum Gasteiger partial charge on any atom is -0.465 e. The van der Waals surface area contributed by atoms with E-state index in [1.165, 1.54) is 0 Å². The largest absolute Gasteiger partial charge is 0.465 e. The van der Waals surface area contributed by atoms with Crippen molar-refractivity contribution in [2.45, 2.75) is 92.7 Å². The minimum atomic E-state index is -0.855. The molecule has 1 N–H and O–H groups in total. The molecule has 1 spiro atoms. The number of esters is 1. The fourth-order valence-corrected chi connectivity index (χ4v) is 11.4. The lowest BCUT2D eigenvalue weighted by Gasteiger charge is -2.46. The van der Waals surface area contributed by atoms with Crippen LogP contribution in [0, 0.1) is 17.3 Å². The number of alkyl halides is 1. The SMILES string of the molecule is C=CCCOC(=O)[C@H]1[C@@H]2SC3(CC2Br)C(C(=O)N(CC=C)C(C)(C)CC(C)(C)C)N([C@@H](CO)Cc2ccccc2)C(=O)[C@H]13. The molecule has 1 aromatic rings. The average Bonchev–Trinajstić information content (AvgIpc) is 3.52. The number of carbonyl (C=O) groups excluding carboxylic acids is 3. The molecule has 7 nitrogen and oxygen atoms in total. The third kappa shape index (κ3) is 6.50. The van der Waals surface area contributed by atoms with Gasteiger partial charge in [-0.15, -0.1) is 24.9 Å². The first kappa shape index (κ1) is 33.8. The third-order valence-electron chi connectivity index (χ3n) is 8.99. The van der Waals surface area contributed by atoms with Crippen LogP contribution in [0.25, 0.3) is 0 Å². The predicted molar refractivity (Wildman–Crippen MR) is 176 cm³/mol. The topological polar surface area (TPSA) is 87.2 Å². The summed E-state index contributed by atoms with van der Waals surface area (Å²) in [6.07, 6.45) is 5.64. The van der Waals surface area contributed by atoms with Crippen LogP contribution in [0.15, 0.2) is 55.6 Å². The second-order valence-electron chi connectivity index (χ2n) is 14.0. The number of rotatable bonds is 13. The Hall–Kier alpha value is -2.10. The van der Waals surface area contributed by atoms with Gasteiger partial charge in [-0.05, 0) is 50.5 Å². The minimum absolute atomic E-state index is 0.0576. The van der Waals surface area contributed by atoms with E-state index < -0.39 is 40.2 Å². The molecule has 236 valence electrons. The molecule has 0 aliphatic carbocycles. The van der Waals surface area contributed by atoms with E-state index in [2.05, 4.69) is 63.7 Å². The van der Waals surface area contributed by atoms with E-state index in [0.29, 0.717) is 25.8 Å². The number of hydrogen-bond acceptors (Lipinski definition) is 6. The summed E-state index contributed by atoms with van der Waals surface area (Å²) in [5.41, 5.74) is 0.360. The van der Waals surface area contributed by atoms with Crippen LogP contribution in [0.1, 0.15) is 59.4 Å². The fourth-order valence-electron chi connectivity index (χ4n) is 7.79. The fraction of sp³-hybridized carbons (Fsp3) is 0.618. The maximum atomic E-state index is 15.1. The smallest absolute Gasteiger partial charge is 0.310 e. The normalized spacial score (nSPS) is 28.9. The van der Waals surface area contributed by atoms with Crippen LogP contribution < -0.4 is 0 Å². The zero-order chi connectivity index (χ0) is 31.7. The monoisotopic (exact) mass is 674 g/mol.